The van der Waals surface area contributed by atoms with Gasteiger partial charge in [-0.2, -0.15) is 13.2 Å². The van der Waals surface area contributed by atoms with Crippen LogP contribution >= 0.6 is 0 Å². The van der Waals surface area contributed by atoms with Gasteiger partial charge >= 0.3 is 12.1 Å². The quantitative estimate of drug-likeness (QED) is 0.568. The molecule has 2 aromatic carbocycles. The van der Waals surface area contributed by atoms with Crippen molar-refractivity contribution in [2.75, 3.05) is 18.0 Å². The summed E-state index contributed by atoms with van der Waals surface area (Å²) >= 11 is 0. The highest BCUT2D eigenvalue weighted by molar-refractivity contribution is 5.77. The van der Waals surface area contributed by atoms with Crippen molar-refractivity contribution in [3.05, 3.63) is 59.2 Å². The van der Waals surface area contributed by atoms with Crippen LogP contribution in [0.1, 0.15) is 36.5 Å². The lowest BCUT2D eigenvalue weighted by atomic mass is 9.96. The van der Waals surface area contributed by atoms with Crippen molar-refractivity contribution in [1.82, 2.24) is 5.32 Å². The molecule has 7 nitrogen and oxygen atoms in total. The third-order valence-electron chi connectivity index (χ3n) is 6.00. The molecule has 2 atom stereocenters. The molecular formula is C25H30F3N3O4. The summed E-state index contributed by atoms with van der Waals surface area (Å²) in [6.45, 7) is 5.41. The number of carboxylic acids is 1. The van der Waals surface area contributed by atoms with Crippen molar-refractivity contribution in [3.8, 4) is 5.75 Å². The summed E-state index contributed by atoms with van der Waals surface area (Å²) in [4.78, 5) is 22.8. The Morgan fingerprint density at radius 3 is 2.60 bits per heavy atom. The molecule has 4 N–H and O–H groups in total. The molecule has 0 spiro atoms. The minimum atomic E-state index is -5.08. The number of carbonyl (C=O) groups is 2. The fourth-order valence-corrected chi connectivity index (χ4v) is 4.32. The number of fused-ring (bicyclic) bond motifs is 1. The average molecular weight is 494 g/mol. The van der Waals surface area contributed by atoms with Crippen LogP contribution in [0.3, 0.4) is 0 Å². The monoisotopic (exact) mass is 493 g/mol. The number of aliphatic carboxylic acids is 1. The van der Waals surface area contributed by atoms with E-state index >= 15 is 0 Å². The van der Waals surface area contributed by atoms with Crippen LogP contribution in [0.25, 0.3) is 0 Å². The number of primary amides is 1. The molecule has 10 heteroatoms. The minimum Gasteiger partial charge on any atom is -0.490 e. The van der Waals surface area contributed by atoms with Gasteiger partial charge in [0.15, 0.2) is 0 Å². The Balaban J connectivity index is 0.000000429. The second-order valence-electron chi connectivity index (χ2n) is 8.80. The lowest BCUT2D eigenvalue weighted by Gasteiger charge is -2.34. The van der Waals surface area contributed by atoms with Crippen molar-refractivity contribution in [2.24, 2.45) is 11.7 Å². The van der Waals surface area contributed by atoms with Gasteiger partial charge in [0.1, 0.15) is 11.9 Å². The van der Waals surface area contributed by atoms with E-state index in [9.17, 15) is 18.0 Å². The SMILES string of the molecule is CC1Cc2cc(CNCc3ccccc3N3CCCC(C(N)=O)C3)ccc2O1.O=C(O)C(F)(F)F. The number of para-hydroxylation sites is 1. The number of carboxylic acid groups (broad SMARTS) is 1. The van der Waals surface area contributed by atoms with Crippen molar-refractivity contribution in [3.63, 3.8) is 0 Å². The molecule has 190 valence electrons. The first-order valence-electron chi connectivity index (χ1n) is 11.5. The summed E-state index contributed by atoms with van der Waals surface area (Å²) in [5.41, 5.74) is 10.6. The molecule has 2 unspecified atom stereocenters. The number of nitrogens with one attached hydrogen (secondary N) is 1. The molecule has 2 aromatic rings. The van der Waals surface area contributed by atoms with Crippen molar-refractivity contribution in [1.29, 1.82) is 0 Å². The van der Waals surface area contributed by atoms with Crippen LogP contribution in [0.2, 0.25) is 0 Å². The van der Waals surface area contributed by atoms with E-state index < -0.39 is 12.1 Å². The maximum atomic E-state index is 11.6. The van der Waals surface area contributed by atoms with Gasteiger partial charge in [-0.3, -0.25) is 4.79 Å². The minimum absolute atomic E-state index is 0.0502. The number of hydrogen-bond donors (Lipinski definition) is 3. The highest BCUT2D eigenvalue weighted by atomic mass is 19.4. The van der Waals surface area contributed by atoms with E-state index in [1.54, 1.807) is 0 Å². The first-order chi connectivity index (χ1) is 16.5. The molecule has 2 aliphatic heterocycles. The number of rotatable bonds is 6. The van der Waals surface area contributed by atoms with E-state index in [0.717, 1.165) is 51.2 Å². The zero-order valence-electron chi connectivity index (χ0n) is 19.5. The molecule has 0 aromatic heterocycles. The number of piperidine rings is 1. The molecule has 0 bridgehead atoms. The molecule has 1 amide bonds. The standard InChI is InChI=1S/C23H29N3O2.C2HF3O2/c1-16-11-20-12-17(8-9-22(20)28-16)13-25-14-18-5-2-3-7-21(18)26-10-4-6-19(15-26)23(24)27;3-2(4,5)1(6)7/h2-3,5,7-9,12,16,19,25H,4,6,10-11,13-15H2,1H3,(H2,24,27);(H,6,7). The Hall–Kier alpha value is -3.27. The first-order valence-corrected chi connectivity index (χ1v) is 11.5. The second kappa shape index (κ2) is 11.4. The number of benzene rings is 2. The molecule has 1 saturated heterocycles. The Bertz CT molecular complexity index is 1040. The highest BCUT2D eigenvalue weighted by Gasteiger charge is 2.38. The molecule has 0 aliphatic carbocycles. The number of halogens is 3. The van der Waals surface area contributed by atoms with Gasteiger partial charge < -0.3 is 25.8 Å². The van der Waals surface area contributed by atoms with Gasteiger partial charge in [-0.15, -0.1) is 0 Å². The van der Waals surface area contributed by atoms with Gasteiger partial charge in [0, 0.05) is 38.3 Å². The number of hydrogen-bond acceptors (Lipinski definition) is 5. The predicted molar refractivity (Wildman–Crippen MR) is 125 cm³/mol. The third-order valence-corrected chi connectivity index (χ3v) is 6.00. The zero-order valence-corrected chi connectivity index (χ0v) is 19.5. The average Bonchev–Trinajstić information content (AvgIpc) is 3.18. The summed E-state index contributed by atoms with van der Waals surface area (Å²) in [5, 5.41) is 10.7. The topological polar surface area (TPSA) is 105 Å². The number of carbonyl (C=O) groups excluding carboxylic acids is 1. The van der Waals surface area contributed by atoms with Gasteiger partial charge in [-0.25, -0.2) is 4.79 Å². The number of alkyl halides is 3. The Morgan fingerprint density at radius 2 is 1.91 bits per heavy atom. The molecule has 2 heterocycles. The summed E-state index contributed by atoms with van der Waals surface area (Å²) in [5.74, 6) is -1.97. The summed E-state index contributed by atoms with van der Waals surface area (Å²) in [6, 6.07) is 14.9. The molecule has 2 aliphatic rings. The lowest BCUT2D eigenvalue weighted by molar-refractivity contribution is -0.192. The maximum Gasteiger partial charge on any atom is 0.490 e. The van der Waals surface area contributed by atoms with Crippen LogP contribution in [-0.4, -0.2) is 42.4 Å². The van der Waals surface area contributed by atoms with Gasteiger partial charge in [0.05, 0.1) is 5.92 Å². The number of nitrogens with two attached hydrogens (primary N) is 1. The third kappa shape index (κ3) is 7.35. The van der Waals surface area contributed by atoms with Crippen LogP contribution in [0.4, 0.5) is 18.9 Å². The first kappa shape index (κ1) is 26.3. The van der Waals surface area contributed by atoms with Crippen molar-refractivity contribution >= 4 is 17.6 Å². The zero-order chi connectivity index (χ0) is 25.6. The fourth-order valence-electron chi connectivity index (χ4n) is 4.32. The number of ether oxygens (including phenoxy) is 1. The van der Waals surface area contributed by atoms with E-state index in [0.29, 0.717) is 0 Å². The Kier molecular flexibility index (Phi) is 8.61. The van der Waals surface area contributed by atoms with E-state index in [-0.39, 0.29) is 17.9 Å². The smallest absolute Gasteiger partial charge is 0.490 e. The van der Waals surface area contributed by atoms with Crippen molar-refractivity contribution in [2.45, 2.75) is 51.6 Å². The normalized spacial score (nSPS) is 19.3. The Morgan fingerprint density at radius 1 is 1.20 bits per heavy atom. The summed E-state index contributed by atoms with van der Waals surface area (Å²) < 4.78 is 37.5. The van der Waals surface area contributed by atoms with E-state index in [1.807, 2.05) is 0 Å². The molecule has 1 fully saturated rings. The second-order valence-corrected chi connectivity index (χ2v) is 8.80. The van der Waals surface area contributed by atoms with Crippen LogP contribution in [0, 0.1) is 5.92 Å². The van der Waals surface area contributed by atoms with Gasteiger partial charge in [0.25, 0.3) is 0 Å². The van der Waals surface area contributed by atoms with Crippen LogP contribution < -0.4 is 20.7 Å². The maximum absolute atomic E-state index is 11.6. The van der Waals surface area contributed by atoms with Gasteiger partial charge in [-0.05, 0) is 48.6 Å². The predicted octanol–water partition coefficient (Wildman–Crippen LogP) is 3.63. The van der Waals surface area contributed by atoms with E-state index in [2.05, 4.69) is 59.6 Å². The van der Waals surface area contributed by atoms with E-state index in [4.69, 9.17) is 20.4 Å². The van der Waals surface area contributed by atoms with Crippen molar-refractivity contribution < 1.29 is 32.6 Å². The van der Waals surface area contributed by atoms with E-state index in [1.165, 1.54) is 22.4 Å². The van der Waals surface area contributed by atoms with Crippen LogP contribution in [0.5, 0.6) is 5.75 Å². The number of anilines is 1. The lowest BCUT2D eigenvalue weighted by Crippen LogP contribution is -2.41. The number of nitrogens with zero attached hydrogens (tertiary/aromatic N) is 1. The van der Waals surface area contributed by atoms with Crippen LogP contribution in [-0.2, 0) is 29.1 Å². The Labute approximate surface area is 202 Å². The summed E-state index contributed by atoms with van der Waals surface area (Å²) in [6.07, 6.45) is -1.92. The summed E-state index contributed by atoms with van der Waals surface area (Å²) in [7, 11) is 0. The van der Waals surface area contributed by atoms with Gasteiger partial charge in [0.2, 0.25) is 5.91 Å². The highest BCUT2D eigenvalue weighted by Crippen LogP contribution is 2.30. The molecule has 0 saturated carbocycles. The molecular weight excluding hydrogens is 463 g/mol. The van der Waals surface area contributed by atoms with Gasteiger partial charge in [-0.1, -0.05) is 30.3 Å². The largest absolute Gasteiger partial charge is 0.490 e. The van der Waals surface area contributed by atoms with Crippen LogP contribution in [0.15, 0.2) is 42.5 Å². The molecule has 35 heavy (non-hydrogen) atoms. The fraction of sp³-hybridized carbons (Fsp3) is 0.440. The molecule has 0 radical (unpaired) electrons. The number of amides is 1. The molecule has 4 rings (SSSR count).